The molecule has 1 aromatic carbocycles. The van der Waals surface area contributed by atoms with Gasteiger partial charge in [0.15, 0.2) is 0 Å². The molecule has 0 saturated heterocycles. The van der Waals surface area contributed by atoms with E-state index in [-0.39, 0.29) is 17.7 Å². The van der Waals surface area contributed by atoms with Crippen LogP contribution in [0.5, 0.6) is 5.75 Å². The van der Waals surface area contributed by atoms with Crippen molar-refractivity contribution in [3.05, 3.63) is 29.8 Å². The maximum Gasteiger partial charge on any atom is 0.329 e. The molecule has 1 fully saturated rings. The van der Waals surface area contributed by atoms with Crippen LogP contribution in [-0.2, 0) is 9.59 Å². The topological polar surface area (TPSA) is 75.6 Å². The first kappa shape index (κ1) is 13.9. The van der Waals surface area contributed by atoms with E-state index in [1.807, 2.05) is 24.3 Å². The summed E-state index contributed by atoms with van der Waals surface area (Å²) in [6, 6.07) is 7.44. The molecule has 0 radical (unpaired) electrons. The fourth-order valence-corrected chi connectivity index (χ4v) is 2.95. The number of hydrogen-bond acceptors (Lipinski definition) is 3. The highest BCUT2D eigenvalue weighted by Crippen LogP contribution is 2.41. The quantitative estimate of drug-likeness (QED) is 0.888. The Hall–Kier alpha value is -2.04. The summed E-state index contributed by atoms with van der Waals surface area (Å²) >= 11 is 0. The second-order valence-corrected chi connectivity index (χ2v) is 6.00. The van der Waals surface area contributed by atoms with Gasteiger partial charge >= 0.3 is 5.97 Å². The number of hydrogen-bond donors (Lipinski definition) is 2. The summed E-state index contributed by atoms with van der Waals surface area (Å²) < 4.78 is 5.54. The number of amides is 1. The molecule has 21 heavy (non-hydrogen) atoms. The molecule has 0 spiro atoms. The van der Waals surface area contributed by atoms with Gasteiger partial charge in [0.1, 0.15) is 11.3 Å². The van der Waals surface area contributed by atoms with Gasteiger partial charge in [-0.05, 0) is 38.2 Å². The van der Waals surface area contributed by atoms with E-state index in [4.69, 9.17) is 4.74 Å². The van der Waals surface area contributed by atoms with Crippen LogP contribution in [0.3, 0.4) is 0 Å². The normalized spacial score (nSPS) is 23.4. The number of carboxylic acid groups (broad SMARTS) is 1. The van der Waals surface area contributed by atoms with Crippen molar-refractivity contribution in [2.75, 3.05) is 6.61 Å². The number of carboxylic acids is 1. The van der Waals surface area contributed by atoms with Crippen molar-refractivity contribution in [1.29, 1.82) is 0 Å². The molecule has 5 nitrogen and oxygen atoms in total. The average molecular weight is 289 g/mol. The van der Waals surface area contributed by atoms with E-state index in [9.17, 15) is 14.7 Å². The predicted molar refractivity (Wildman–Crippen MR) is 76.2 cm³/mol. The molecule has 5 heteroatoms. The Bertz CT molecular complexity index is 581. The Labute approximate surface area is 123 Å². The molecule has 1 saturated carbocycles. The Morgan fingerprint density at radius 1 is 1.29 bits per heavy atom. The average Bonchev–Trinajstić information content (AvgIpc) is 3.31. The smallest absolute Gasteiger partial charge is 0.329 e. The minimum Gasteiger partial charge on any atom is -0.493 e. The van der Waals surface area contributed by atoms with Crippen LogP contribution in [0.25, 0.3) is 0 Å². The van der Waals surface area contributed by atoms with E-state index < -0.39 is 11.5 Å². The SMILES string of the molecule is CC(NC(=O)C1CCOc2ccccc21)(C(=O)O)C1CC1. The Kier molecular flexibility index (Phi) is 3.35. The van der Waals surface area contributed by atoms with E-state index in [1.54, 1.807) is 6.92 Å². The molecule has 1 aromatic rings. The van der Waals surface area contributed by atoms with Crippen LogP contribution >= 0.6 is 0 Å². The second-order valence-electron chi connectivity index (χ2n) is 6.00. The molecule has 1 heterocycles. The van der Waals surface area contributed by atoms with Crippen molar-refractivity contribution < 1.29 is 19.4 Å². The maximum atomic E-state index is 12.6. The number of nitrogens with one attached hydrogen (secondary N) is 1. The number of carbonyl (C=O) groups excluding carboxylic acids is 1. The third-order valence-electron chi connectivity index (χ3n) is 4.50. The summed E-state index contributed by atoms with van der Waals surface area (Å²) in [6.07, 6.45) is 2.28. The highest BCUT2D eigenvalue weighted by molar-refractivity contribution is 5.91. The van der Waals surface area contributed by atoms with Crippen LogP contribution in [0.4, 0.5) is 0 Å². The molecule has 112 valence electrons. The van der Waals surface area contributed by atoms with Crippen molar-refractivity contribution in [3.8, 4) is 5.75 Å². The molecule has 3 rings (SSSR count). The van der Waals surface area contributed by atoms with Crippen LogP contribution in [0.1, 0.15) is 37.7 Å². The molecule has 2 aliphatic rings. The fraction of sp³-hybridized carbons (Fsp3) is 0.500. The molecule has 1 amide bonds. The lowest BCUT2D eigenvalue weighted by Crippen LogP contribution is -2.55. The van der Waals surface area contributed by atoms with Crippen molar-refractivity contribution in [3.63, 3.8) is 0 Å². The lowest BCUT2D eigenvalue weighted by atomic mass is 9.89. The molecular formula is C16H19NO4. The summed E-state index contributed by atoms with van der Waals surface area (Å²) in [5.41, 5.74) is -0.325. The van der Waals surface area contributed by atoms with Crippen molar-refractivity contribution in [2.24, 2.45) is 5.92 Å². The summed E-state index contributed by atoms with van der Waals surface area (Å²) in [6.45, 7) is 2.08. The summed E-state index contributed by atoms with van der Waals surface area (Å²) in [5, 5.41) is 12.2. The van der Waals surface area contributed by atoms with E-state index in [0.717, 1.165) is 18.4 Å². The molecule has 1 aliphatic heterocycles. The zero-order valence-corrected chi connectivity index (χ0v) is 12.0. The number of ether oxygens (including phenoxy) is 1. The molecule has 2 N–H and O–H groups in total. The minimum absolute atomic E-state index is 0.0361. The number of fused-ring (bicyclic) bond motifs is 1. The summed E-state index contributed by atoms with van der Waals surface area (Å²) in [4.78, 5) is 24.1. The lowest BCUT2D eigenvalue weighted by Gasteiger charge is -2.31. The van der Waals surface area contributed by atoms with E-state index in [2.05, 4.69) is 5.32 Å². The fourth-order valence-electron chi connectivity index (χ4n) is 2.95. The highest BCUT2D eigenvalue weighted by atomic mass is 16.5. The van der Waals surface area contributed by atoms with Crippen LogP contribution in [0, 0.1) is 5.92 Å². The van der Waals surface area contributed by atoms with Crippen molar-refractivity contribution in [2.45, 2.75) is 37.6 Å². The van der Waals surface area contributed by atoms with Gasteiger partial charge in [-0.1, -0.05) is 18.2 Å². The van der Waals surface area contributed by atoms with Gasteiger partial charge in [-0.2, -0.15) is 0 Å². The molecule has 2 atom stereocenters. The third-order valence-corrected chi connectivity index (χ3v) is 4.50. The first-order valence-corrected chi connectivity index (χ1v) is 7.29. The molecule has 0 aromatic heterocycles. The monoisotopic (exact) mass is 289 g/mol. The van der Waals surface area contributed by atoms with Crippen LogP contribution < -0.4 is 10.1 Å². The first-order valence-electron chi connectivity index (χ1n) is 7.29. The minimum atomic E-state index is -1.16. The molecular weight excluding hydrogens is 270 g/mol. The molecule has 1 aliphatic carbocycles. The standard InChI is InChI=1S/C16H19NO4/c1-16(15(19)20,10-6-7-10)17-14(18)12-8-9-21-13-5-3-2-4-11(12)13/h2-5,10,12H,6-9H2,1H3,(H,17,18)(H,19,20). The molecule has 2 unspecified atom stereocenters. The summed E-state index contributed by atoms with van der Waals surface area (Å²) in [5.74, 6) is -0.769. The Balaban J connectivity index is 1.82. The van der Waals surface area contributed by atoms with E-state index in [1.165, 1.54) is 0 Å². The number of para-hydroxylation sites is 1. The highest BCUT2D eigenvalue weighted by Gasteiger charge is 2.49. The van der Waals surface area contributed by atoms with Gasteiger partial charge < -0.3 is 15.2 Å². The van der Waals surface area contributed by atoms with Crippen LogP contribution in [-0.4, -0.2) is 29.1 Å². The van der Waals surface area contributed by atoms with Gasteiger partial charge in [0.25, 0.3) is 0 Å². The maximum absolute atomic E-state index is 12.6. The summed E-state index contributed by atoms with van der Waals surface area (Å²) in [7, 11) is 0. The van der Waals surface area contributed by atoms with Gasteiger partial charge in [0, 0.05) is 5.56 Å². The number of benzene rings is 1. The lowest BCUT2D eigenvalue weighted by molar-refractivity contribution is -0.148. The van der Waals surface area contributed by atoms with E-state index >= 15 is 0 Å². The van der Waals surface area contributed by atoms with Gasteiger partial charge in [-0.25, -0.2) is 4.79 Å². The largest absolute Gasteiger partial charge is 0.493 e. The number of rotatable bonds is 4. The second kappa shape index (κ2) is 5.06. The molecule has 0 bridgehead atoms. The Morgan fingerprint density at radius 2 is 2.00 bits per heavy atom. The van der Waals surface area contributed by atoms with Gasteiger partial charge in [-0.3, -0.25) is 4.79 Å². The zero-order valence-electron chi connectivity index (χ0n) is 12.0. The van der Waals surface area contributed by atoms with Crippen LogP contribution in [0.15, 0.2) is 24.3 Å². The van der Waals surface area contributed by atoms with Crippen molar-refractivity contribution >= 4 is 11.9 Å². The van der Waals surface area contributed by atoms with Gasteiger partial charge in [0.2, 0.25) is 5.91 Å². The third kappa shape index (κ3) is 2.48. The first-order chi connectivity index (χ1) is 10.0. The van der Waals surface area contributed by atoms with Crippen molar-refractivity contribution in [1.82, 2.24) is 5.32 Å². The van der Waals surface area contributed by atoms with E-state index in [0.29, 0.717) is 18.8 Å². The number of aliphatic carboxylic acids is 1. The van der Waals surface area contributed by atoms with Gasteiger partial charge in [-0.15, -0.1) is 0 Å². The van der Waals surface area contributed by atoms with Crippen LogP contribution in [0.2, 0.25) is 0 Å². The predicted octanol–water partition coefficient (Wildman–Crippen LogP) is 1.92. The number of carbonyl (C=O) groups is 2. The zero-order chi connectivity index (χ0) is 15.0. The Morgan fingerprint density at radius 3 is 2.67 bits per heavy atom. The van der Waals surface area contributed by atoms with Gasteiger partial charge in [0.05, 0.1) is 12.5 Å².